The van der Waals surface area contributed by atoms with Crippen LogP contribution in [0.1, 0.15) is 18.5 Å². The van der Waals surface area contributed by atoms with E-state index in [0.717, 1.165) is 5.56 Å². The van der Waals surface area contributed by atoms with Crippen molar-refractivity contribution in [2.45, 2.75) is 13.0 Å². The average Bonchev–Trinajstić information content (AvgIpc) is 2.35. The summed E-state index contributed by atoms with van der Waals surface area (Å²) in [5.74, 6) is -1.43. The second kappa shape index (κ2) is 7.47. The minimum atomic E-state index is -1.07. The van der Waals surface area contributed by atoms with E-state index < -0.39 is 5.97 Å². The molecule has 0 saturated heterocycles. The lowest BCUT2D eigenvalue weighted by molar-refractivity contribution is -0.138. The van der Waals surface area contributed by atoms with Crippen molar-refractivity contribution in [3.05, 3.63) is 33.8 Å². The third-order valence-electron chi connectivity index (χ3n) is 2.90. The van der Waals surface area contributed by atoms with E-state index in [1.54, 1.807) is 30.1 Å². The molecule has 0 fully saturated rings. The van der Waals surface area contributed by atoms with Gasteiger partial charge < -0.3 is 10.4 Å². The molecular weight excluding hydrogens is 303 g/mol. The Hall–Kier alpha value is -1.30. The number of amides is 1. The fourth-order valence-electron chi connectivity index (χ4n) is 1.67. The lowest BCUT2D eigenvalue weighted by atomic mass is 10.1. The number of hydrogen-bond donors (Lipinski definition) is 2. The molecular formula is C13H16Cl2N2O3. The van der Waals surface area contributed by atoms with Crippen molar-refractivity contribution in [1.29, 1.82) is 0 Å². The van der Waals surface area contributed by atoms with Gasteiger partial charge in [-0.05, 0) is 31.7 Å². The molecule has 1 aromatic carbocycles. The van der Waals surface area contributed by atoms with Crippen LogP contribution >= 0.6 is 23.2 Å². The van der Waals surface area contributed by atoms with E-state index in [2.05, 4.69) is 5.32 Å². The Kier molecular flexibility index (Phi) is 6.26. The highest BCUT2D eigenvalue weighted by Gasteiger charge is 2.17. The fourth-order valence-corrected chi connectivity index (χ4v) is 2.24. The van der Waals surface area contributed by atoms with E-state index in [0.29, 0.717) is 10.0 Å². The highest BCUT2D eigenvalue weighted by Crippen LogP contribution is 2.28. The zero-order valence-corrected chi connectivity index (χ0v) is 12.7. The van der Waals surface area contributed by atoms with Crippen LogP contribution in [0.15, 0.2) is 18.2 Å². The number of carbonyl (C=O) groups is 2. The van der Waals surface area contributed by atoms with E-state index in [1.165, 1.54) is 0 Å². The van der Waals surface area contributed by atoms with Crippen LogP contribution < -0.4 is 5.32 Å². The summed E-state index contributed by atoms with van der Waals surface area (Å²) in [6.07, 6.45) is 0. The predicted octanol–water partition coefficient (Wildman–Crippen LogP) is 2.19. The summed E-state index contributed by atoms with van der Waals surface area (Å²) in [5.41, 5.74) is 0.851. The zero-order chi connectivity index (χ0) is 15.3. The van der Waals surface area contributed by atoms with Crippen LogP contribution in [0, 0.1) is 0 Å². The monoisotopic (exact) mass is 318 g/mol. The predicted molar refractivity (Wildman–Crippen MR) is 78.2 cm³/mol. The normalized spacial score (nSPS) is 12.2. The zero-order valence-electron chi connectivity index (χ0n) is 11.2. The number of likely N-dealkylation sites (N-methyl/N-ethyl adjacent to an activating group) is 1. The topological polar surface area (TPSA) is 69.6 Å². The largest absolute Gasteiger partial charge is 0.480 e. The van der Waals surface area contributed by atoms with Crippen molar-refractivity contribution in [3.8, 4) is 0 Å². The second-order valence-electron chi connectivity index (χ2n) is 4.43. The molecule has 0 aliphatic rings. The average molecular weight is 319 g/mol. The van der Waals surface area contributed by atoms with E-state index >= 15 is 0 Å². The Morgan fingerprint density at radius 1 is 1.40 bits per heavy atom. The summed E-state index contributed by atoms with van der Waals surface area (Å²) in [4.78, 5) is 23.7. The molecule has 0 radical (unpaired) electrons. The van der Waals surface area contributed by atoms with Gasteiger partial charge in [-0.25, -0.2) is 0 Å². The standard InChI is InChI=1S/C13H16Cl2N2O3/c1-8(10-4-3-9(14)5-11(10)15)17(2)7-12(18)16-6-13(19)20/h3-5,8H,6-7H2,1-2H3,(H,16,18)(H,19,20)/t8-/m1/s1. The number of carbonyl (C=O) groups excluding carboxylic acids is 1. The van der Waals surface area contributed by atoms with Crippen LogP contribution in [0.3, 0.4) is 0 Å². The van der Waals surface area contributed by atoms with E-state index in [1.807, 2.05) is 6.92 Å². The van der Waals surface area contributed by atoms with Crippen LogP contribution in [-0.4, -0.2) is 42.0 Å². The van der Waals surface area contributed by atoms with Crippen molar-refractivity contribution < 1.29 is 14.7 Å². The van der Waals surface area contributed by atoms with Gasteiger partial charge in [-0.1, -0.05) is 29.3 Å². The molecule has 1 rings (SSSR count). The van der Waals surface area contributed by atoms with Crippen LogP contribution in [0.2, 0.25) is 10.0 Å². The molecule has 0 spiro atoms. The molecule has 0 bridgehead atoms. The van der Waals surface area contributed by atoms with Gasteiger partial charge >= 0.3 is 5.97 Å². The Balaban J connectivity index is 2.64. The number of carboxylic acids is 1. The summed E-state index contributed by atoms with van der Waals surface area (Å²) < 4.78 is 0. The molecule has 0 unspecified atom stereocenters. The first-order valence-corrected chi connectivity index (χ1v) is 6.70. The van der Waals surface area contributed by atoms with Crippen LogP contribution in [0.5, 0.6) is 0 Å². The van der Waals surface area contributed by atoms with Gasteiger partial charge in [0.15, 0.2) is 0 Å². The van der Waals surface area contributed by atoms with Gasteiger partial charge in [0.1, 0.15) is 6.54 Å². The fraction of sp³-hybridized carbons (Fsp3) is 0.385. The summed E-state index contributed by atoms with van der Waals surface area (Å²) in [6.45, 7) is 1.59. The van der Waals surface area contributed by atoms with Gasteiger partial charge in [-0.2, -0.15) is 0 Å². The third kappa shape index (κ3) is 5.00. The summed E-state index contributed by atoms with van der Waals surface area (Å²) in [7, 11) is 1.76. The Morgan fingerprint density at radius 3 is 2.60 bits per heavy atom. The second-order valence-corrected chi connectivity index (χ2v) is 5.27. The number of carboxylic acid groups (broad SMARTS) is 1. The summed E-state index contributed by atoms with van der Waals surface area (Å²) in [5, 5.41) is 11.9. The van der Waals surface area contributed by atoms with Gasteiger partial charge in [0.25, 0.3) is 0 Å². The summed E-state index contributed by atoms with van der Waals surface area (Å²) >= 11 is 12.0. The Bertz CT molecular complexity index is 508. The van der Waals surface area contributed by atoms with Crippen LogP contribution in [0.4, 0.5) is 0 Å². The molecule has 2 N–H and O–H groups in total. The van der Waals surface area contributed by atoms with Gasteiger partial charge in [-0.3, -0.25) is 14.5 Å². The van der Waals surface area contributed by atoms with Gasteiger partial charge in [-0.15, -0.1) is 0 Å². The number of hydrogen-bond acceptors (Lipinski definition) is 3. The van der Waals surface area contributed by atoms with Crippen molar-refractivity contribution >= 4 is 35.1 Å². The molecule has 5 nitrogen and oxygen atoms in total. The molecule has 7 heteroatoms. The van der Waals surface area contributed by atoms with Crippen LogP contribution in [0.25, 0.3) is 0 Å². The Labute approximate surface area is 127 Å². The van der Waals surface area contributed by atoms with E-state index in [-0.39, 0.29) is 25.0 Å². The van der Waals surface area contributed by atoms with Crippen LogP contribution in [-0.2, 0) is 9.59 Å². The molecule has 0 aromatic heterocycles. The minimum Gasteiger partial charge on any atom is -0.480 e. The van der Waals surface area contributed by atoms with Gasteiger partial charge in [0.05, 0.1) is 6.54 Å². The first-order chi connectivity index (χ1) is 9.31. The van der Waals surface area contributed by atoms with E-state index in [4.69, 9.17) is 28.3 Å². The molecule has 20 heavy (non-hydrogen) atoms. The number of aliphatic carboxylic acids is 1. The maximum atomic E-state index is 11.6. The van der Waals surface area contributed by atoms with Gasteiger partial charge in [0.2, 0.25) is 5.91 Å². The SMILES string of the molecule is C[C@H](c1ccc(Cl)cc1Cl)N(C)CC(=O)NCC(=O)O. The maximum Gasteiger partial charge on any atom is 0.322 e. The highest BCUT2D eigenvalue weighted by molar-refractivity contribution is 6.35. The first kappa shape index (κ1) is 16.8. The molecule has 0 aliphatic carbocycles. The molecule has 1 aromatic rings. The molecule has 0 heterocycles. The minimum absolute atomic E-state index is 0.0768. The quantitative estimate of drug-likeness (QED) is 0.843. The highest BCUT2D eigenvalue weighted by atomic mass is 35.5. The molecule has 0 saturated carbocycles. The van der Waals surface area contributed by atoms with Crippen molar-refractivity contribution in [2.24, 2.45) is 0 Å². The lowest BCUT2D eigenvalue weighted by Crippen LogP contribution is -2.38. The summed E-state index contributed by atoms with van der Waals surface area (Å²) in [6, 6.07) is 5.08. The molecule has 110 valence electrons. The van der Waals surface area contributed by atoms with Crippen molar-refractivity contribution in [2.75, 3.05) is 20.1 Å². The Morgan fingerprint density at radius 2 is 2.05 bits per heavy atom. The number of benzene rings is 1. The number of nitrogens with one attached hydrogen (secondary N) is 1. The lowest BCUT2D eigenvalue weighted by Gasteiger charge is -2.25. The molecule has 1 amide bonds. The number of rotatable bonds is 6. The molecule has 1 atom stereocenters. The van der Waals surface area contributed by atoms with Gasteiger partial charge in [0, 0.05) is 16.1 Å². The number of nitrogens with zero attached hydrogens (tertiary/aromatic N) is 1. The molecule has 0 aliphatic heterocycles. The maximum absolute atomic E-state index is 11.6. The van der Waals surface area contributed by atoms with Crippen molar-refractivity contribution in [1.82, 2.24) is 10.2 Å². The first-order valence-electron chi connectivity index (χ1n) is 5.95. The van der Waals surface area contributed by atoms with E-state index in [9.17, 15) is 9.59 Å². The third-order valence-corrected chi connectivity index (χ3v) is 3.47. The smallest absolute Gasteiger partial charge is 0.322 e. The van der Waals surface area contributed by atoms with Crippen molar-refractivity contribution in [3.63, 3.8) is 0 Å². The number of halogens is 2.